The van der Waals surface area contributed by atoms with Crippen molar-refractivity contribution in [1.82, 2.24) is 34.5 Å². The van der Waals surface area contributed by atoms with Gasteiger partial charge in [-0.3, -0.25) is 0 Å². The van der Waals surface area contributed by atoms with Crippen molar-refractivity contribution in [3.8, 4) is 85.1 Å². The van der Waals surface area contributed by atoms with Crippen molar-refractivity contribution in [3.05, 3.63) is 212 Å². The van der Waals surface area contributed by atoms with Gasteiger partial charge in [0.2, 0.25) is 0 Å². The molecule has 3 heterocycles. The van der Waals surface area contributed by atoms with Crippen molar-refractivity contribution in [3.63, 3.8) is 0 Å². The Bertz CT molecular complexity index is 3130. The number of hydrogen-bond donors (Lipinski definition) is 0. The zero-order valence-electron chi connectivity index (χ0n) is 33.8. The first-order valence-electron chi connectivity index (χ1n) is 20.6. The molecule has 0 saturated heterocycles. The summed E-state index contributed by atoms with van der Waals surface area (Å²) in [4.78, 5) is 31.2. The Morgan fingerprint density at radius 1 is 0.290 bits per heavy atom. The lowest BCUT2D eigenvalue weighted by atomic mass is 10.0. The van der Waals surface area contributed by atoms with E-state index in [9.17, 15) is 0 Å². The number of nitrogens with zero attached hydrogens (tertiary/aromatic N) is 7. The van der Waals surface area contributed by atoms with Gasteiger partial charge in [-0.05, 0) is 48.4 Å². The second-order valence-electron chi connectivity index (χ2n) is 15.2. The summed E-state index contributed by atoms with van der Waals surface area (Å²) < 4.78 is 2.33. The van der Waals surface area contributed by atoms with Gasteiger partial charge in [-0.1, -0.05) is 181 Å². The third kappa shape index (κ3) is 6.77. The van der Waals surface area contributed by atoms with E-state index in [1.54, 1.807) is 0 Å². The van der Waals surface area contributed by atoms with Gasteiger partial charge in [0, 0.05) is 44.2 Å². The molecule has 0 N–H and O–H groups in total. The van der Waals surface area contributed by atoms with Gasteiger partial charge in [-0.15, -0.1) is 0 Å². The predicted octanol–water partition coefficient (Wildman–Crippen LogP) is 13.1. The van der Waals surface area contributed by atoms with Crippen LogP contribution >= 0.6 is 0 Å². The minimum Gasteiger partial charge on any atom is -0.308 e. The van der Waals surface area contributed by atoms with Crippen LogP contribution in [0.25, 0.3) is 107 Å². The van der Waals surface area contributed by atoms with Crippen LogP contribution in [0.15, 0.2) is 206 Å². The number of benzene rings is 8. The number of fused-ring (bicyclic) bond motifs is 3. The molecule has 0 saturated carbocycles. The average molecular weight is 796 g/mol. The molecule has 0 fully saturated rings. The Hall–Kier alpha value is -8.42. The second kappa shape index (κ2) is 15.6. The van der Waals surface area contributed by atoms with Crippen molar-refractivity contribution in [2.45, 2.75) is 6.92 Å². The van der Waals surface area contributed by atoms with Crippen LogP contribution in [0.5, 0.6) is 0 Å². The number of para-hydroxylation sites is 2. The highest BCUT2D eigenvalue weighted by Gasteiger charge is 2.25. The van der Waals surface area contributed by atoms with Crippen molar-refractivity contribution >= 4 is 21.8 Å². The molecule has 0 aliphatic carbocycles. The fourth-order valence-electron chi connectivity index (χ4n) is 8.14. The van der Waals surface area contributed by atoms with Crippen LogP contribution < -0.4 is 0 Å². The summed E-state index contributed by atoms with van der Waals surface area (Å²) in [5.41, 5.74) is 11.6. The topological polar surface area (TPSA) is 82.3 Å². The Labute approximate surface area is 358 Å². The summed E-state index contributed by atoms with van der Waals surface area (Å²) in [5, 5.41) is 2.24. The van der Waals surface area contributed by atoms with E-state index in [1.165, 1.54) is 5.56 Å². The molecule has 11 rings (SSSR count). The molecule has 7 heteroatoms. The fourth-order valence-corrected chi connectivity index (χ4v) is 8.14. The number of rotatable bonds is 8. The maximum Gasteiger partial charge on any atom is 0.166 e. The first kappa shape index (κ1) is 36.6. The van der Waals surface area contributed by atoms with Crippen molar-refractivity contribution in [2.24, 2.45) is 0 Å². The summed E-state index contributed by atoms with van der Waals surface area (Å²) in [7, 11) is 0. The van der Waals surface area contributed by atoms with Crippen LogP contribution in [0.2, 0.25) is 0 Å². The maximum atomic E-state index is 5.27. The molecule has 0 bridgehead atoms. The standard InChI is InChI=1S/C55H37N7/c1-36-29-31-37(32-30-36)42-33-34-48-46(35-42)43-25-14-15-28-47(43)62(48)49-44(54-58-50(38-17-6-2-7-18-38)56-51(59-54)39-19-8-3-9-20-39)26-16-27-45(49)55-60-52(40-21-10-4-11-22-40)57-53(61-55)41-23-12-5-13-24-41/h2-35H,1H3. The zero-order chi connectivity index (χ0) is 41.4. The van der Waals surface area contributed by atoms with E-state index < -0.39 is 0 Å². The van der Waals surface area contributed by atoms with Crippen LogP contribution in [-0.4, -0.2) is 34.5 Å². The van der Waals surface area contributed by atoms with E-state index in [-0.39, 0.29) is 0 Å². The first-order valence-corrected chi connectivity index (χ1v) is 20.6. The molecule has 62 heavy (non-hydrogen) atoms. The number of aryl methyl sites for hydroxylation is 1. The second-order valence-corrected chi connectivity index (χ2v) is 15.2. The van der Waals surface area contributed by atoms with Crippen LogP contribution in [0.4, 0.5) is 0 Å². The Morgan fingerprint density at radius 3 is 1.15 bits per heavy atom. The van der Waals surface area contributed by atoms with Gasteiger partial charge in [0.15, 0.2) is 34.9 Å². The average Bonchev–Trinajstić information content (AvgIpc) is 3.68. The van der Waals surface area contributed by atoms with Gasteiger partial charge in [-0.25, -0.2) is 29.9 Å². The number of aromatic nitrogens is 7. The molecule has 3 aromatic heterocycles. The molecular weight excluding hydrogens is 759 g/mol. The van der Waals surface area contributed by atoms with E-state index in [0.29, 0.717) is 34.9 Å². The summed E-state index contributed by atoms with van der Waals surface area (Å²) in [6, 6.07) is 70.5. The molecule has 0 atom stereocenters. The normalized spacial score (nSPS) is 11.3. The monoisotopic (exact) mass is 795 g/mol. The van der Waals surface area contributed by atoms with Crippen LogP contribution in [0.3, 0.4) is 0 Å². The minimum absolute atomic E-state index is 0.525. The Morgan fingerprint density at radius 2 is 0.677 bits per heavy atom. The fraction of sp³-hybridized carbons (Fsp3) is 0.0182. The quantitative estimate of drug-likeness (QED) is 0.152. The van der Waals surface area contributed by atoms with Crippen LogP contribution in [0, 0.1) is 6.92 Å². The van der Waals surface area contributed by atoms with E-state index in [1.807, 2.05) is 127 Å². The van der Waals surface area contributed by atoms with E-state index in [4.69, 9.17) is 29.9 Å². The summed E-state index contributed by atoms with van der Waals surface area (Å²) >= 11 is 0. The third-order valence-corrected chi connectivity index (χ3v) is 11.2. The summed E-state index contributed by atoms with van der Waals surface area (Å²) in [5.74, 6) is 3.36. The Balaban J connectivity index is 1.24. The molecule has 0 spiro atoms. The maximum absolute atomic E-state index is 5.27. The molecule has 0 unspecified atom stereocenters. The van der Waals surface area contributed by atoms with Crippen LogP contribution in [0.1, 0.15) is 5.56 Å². The SMILES string of the molecule is Cc1ccc(-c2ccc3c(c2)c2ccccc2n3-c2c(-c3nc(-c4ccccc4)nc(-c4ccccc4)n3)cccc2-c2nc(-c3ccccc3)nc(-c3ccccc3)n2)cc1. The Kier molecular flexibility index (Phi) is 9.24. The molecule has 8 aromatic carbocycles. The van der Waals surface area contributed by atoms with Gasteiger partial charge in [0.1, 0.15) is 0 Å². The summed E-state index contributed by atoms with van der Waals surface area (Å²) in [6.07, 6.45) is 0. The lowest BCUT2D eigenvalue weighted by Gasteiger charge is -2.19. The third-order valence-electron chi connectivity index (χ3n) is 11.2. The smallest absolute Gasteiger partial charge is 0.166 e. The molecular formula is C55H37N7. The van der Waals surface area contributed by atoms with Crippen LogP contribution in [-0.2, 0) is 0 Å². The van der Waals surface area contributed by atoms with Gasteiger partial charge in [0.25, 0.3) is 0 Å². The van der Waals surface area contributed by atoms with Crippen molar-refractivity contribution in [2.75, 3.05) is 0 Å². The van der Waals surface area contributed by atoms with E-state index in [2.05, 4.69) is 90.4 Å². The van der Waals surface area contributed by atoms with Gasteiger partial charge >= 0.3 is 0 Å². The molecule has 11 aromatic rings. The van der Waals surface area contributed by atoms with Gasteiger partial charge in [0.05, 0.1) is 16.7 Å². The largest absolute Gasteiger partial charge is 0.308 e. The molecule has 0 aliphatic heterocycles. The van der Waals surface area contributed by atoms with Gasteiger partial charge in [-0.2, -0.15) is 0 Å². The molecule has 0 radical (unpaired) electrons. The molecule has 7 nitrogen and oxygen atoms in total. The molecule has 0 aliphatic rings. The lowest BCUT2D eigenvalue weighted by molar-refractivity contribution is 1.05. The minimum atomic E-state index is 0.525. The lowest BCUT2D eigenvalue weighted by Crippen LogP contribution is -2.07. The molecule has 292 valence electrons. The highest BCUT2D eigenvalue weighted by Crippen LogP contribution is 2.42. The number of hydrogen-bond acceptors (Lipinski definition) is 6. The summed E-state index contributed by atoms with van der Waals surface area (Å²) in [6.45, 7) is 2.12. The predicted molar refractivity (Wildman–Crippen MR) is 250 cm³/mol. The molecule has 0 amide bonds. The van der Waals surface area contributed by atoms with E-state index >= 15 is 0 Å². The zero-order valence-corrected chi connectivity index (χ0v) is 33.8. The van der Waals surface area contributed by atoms with Gasteiger partial charge < -0.3 is 4.57 Å². The highest BCUT2D eigenvalue weighted by atomic mass is 15.1. The van der Waals surface area contributed by atoms with E-state index in [0.717, 1.165) is 72.0 Å². The van der Waals surface area contributed by atoms with Crippen molar-refractivity contribution < 1.29 is 0 Å². The van der Waals surface area contributed by atoms with Crippen molar-refractivity contribution in [1.29, 1.82) is 0 Å². The highest BCUT2D eigenvalue weighted by molar-refractivity contribution is 6.11. The first-order chi connectivity index (χ1) is 30.6.